The fraction of sp³-hybridized carbons (Fsp3) is 0.222. The van der Waals surface area contributed by atoms with E-state index in [-0.39, 0.29) is 25.4 Å². The number of para-hydroxylation sites is 2. The second-order valence-corrected chi connectivity index (χ2v) is 5.52. The zero-order chi connectivity index (χ0) is 18.5. The first-order valence-corrected chi connectivity index (χ1v) is 8.03. The van der Waals surface area contributed by atoms with E-state index in [9.17, 15) is 9.59 Å². The van der Waals surface area contributed by atoms with E-state index >= 15 is 0 Å². The van der Waals surface area contributed by atoms with Gasteiger partial charge in [-0.15, -0.1) is 0 Å². The summed E-state index contributed by atoms with van der Waals surface area (Å²) in [5, 5.41) is 1.59. The van der Waals surface area contributed by atoms with Gasteiger partial charge in [0.15, 0.2) is 0 Å². The minimum absolute atomic E-state index is 0.0517. The van der Waals surface area contributed by atoms with Gasteiger partial charge in [0.1, 0.15) is 6.61 Å². The van der Waals surface area contributed by atoms with Crippen molar-refractivity contribution in [3.8, 4) is 0 Å². The summed E-state index contributed by atoms with van der Waals surface area (Å²) in [4.78, 5) is 28.9. The van der Waals surface area contributed by atoms with Crippen molar-refractivity contribution >= 4 is 33.8 Å². The average molecular weight is 357 g/mol. The summed E-state index contributed by atoms with van der Waals surface area (Å²) in [5.41, 5.74) is 6.82. The lowest BCUT2D eigenvalue weighted by Gasteiger charge is -2.09. The number of aromatic nitrogens is 1. The molecule has 0 aliphatic heterocycles. The molecule has 26 heavy (non-hydrogen) atoms. The maximum Gasteiger partial charge on any atom is 0.419 e. The highest BCUT2D eigenvalue weighted by atomic mass is 16.6. The Morgan fingerprint density at radius 2 is 1.65 bits per heavy atom. The molecule has 2 aromatic carbocycles. The molecular formula is C18H19N3O5. The lowest BCUT2D eigenvalue weighted by Crippen LogP contribution is -2.20. The molecule has 0 bridgehead atoms. The average Bonchev–Trinajstić information content (AvgIpc) is 2.99. The van der Waals surface area contributed by atoms with Crippen molar-refractivity contribution in [1.82, 2.24) is 4.57 Å². The van der Waals surface area contributed by atoms with Crippen molar-refractivity contribution in [2.75, 3.05) is 26.4 Å². The number of nitrogens with zero attached hydrogens (tertiary/aromatic N) is 1. The molecule has 4 N–H and O–H groups in total. The van der Waals surface area contributed by atoms with Gasteiger partial charge < -0.3 is 20.0 Å². The number of hydrogen-bond donors (Lipinski definition) is 2. The lowest BCUT2D eigenvalue weighted by atomic mass is 10.1. The molecule has 0 fully saturated rings. The van der Waals surface area contributed by atoms with Crippen molar-refractivity contribution in [2.45, 2.75) is 0 Å². The van der Waals surface area contributed by atoms with Crippen LogP contribution in [0.5, 0.6) is 0 Å². The maximum absolute atomic E-state index is 12.7. The minimum Gasteiger partial charge on any atom is -0.446 e. The van der Waals surface area contributed by atoms with E-state index in [2.05, 4.69) is 4.84 Å². The SMILES string of the molecule is NOCCOCCOC(=O)n1c2ccccc2c2cccc(C(N)=O)c21. The van der Waals surface area contributed by atoms with Gasteiger partial charge in [-0.25, -0.2) is 15.3 Å². The summed E-state index contributed by atoms with van der Waals surface area (Å²) in [6.45, 7) is 0.809. The highest BCUT2D eigenvalue weighted by Crippen LogP contribution is 2.31. The molecule has 0 spiro atoms. The lowest BCUT2D eigenvalue weighted by molar-refractivity contribution is 0.0283. The minimum atomic E-state index is -0.613. The fourth-order valence-corrected chi connectivity index (χ4v) is 2.87. The molecule has 8 nitrogen and oxygen atoms in total. The number of amides is 1. The first kappa shape index (κ1) is 17.9. The Morgan fingerprint density at radius 1 is 0.923 bits per heavy atom. The van der Waals surface area contributed by atoms with Crippen LogP contribution in [0.25, 0.3) is 21.8 Å². The number of fused-ring (bicyclic) bond motifs is 3. The van der Waals surface area contributed by atoms with Crippen LogP contribution >= 0.6 is 0 Å². The van der Waals surface area contributed by atoms with Crippen LogP contribution in [0.1, 0.15) is 10.4 Å². The van der Waals surface area contributed by atoms with Gasteiger partial charge in [0.2, 0.25) is 0 Å². The zero-order valence-electron chi connectivity index (χ0n) is 14.0. The van der Waals surface area contributed by atoms with Crippen LogP contribution < -0.4 is 11.6 Å². The van der Waals surface area contributed by atoms with Gasteiger partial charge in [-0.3, -0.25) is 4.79 Å². The number of ether oxygens (including phenoxy) is 2. The van der Waals surface area contributed by atoms with Gasteiger partial charge in [-0.2, -0.15) is 0 Å². The van der Waals surface area contributed by atoms with Crippen LogP contribution in [0.4, 0.5) is 4.79 Å². The molecule has 0 atom stereocenters. The van der Waals surface area contributed by atoms with Gasteiger partial charge in [0.25, 0.3) is 5.91 Å². The van der Waals surface area contributed by atoms with E-state index in [4.69, 9.17) is 21.1 Å². The summed E-state index contributed by atoms with van der Waals surface area (Å²) in [7, 11) is 0. The van der Waals surface area contributed by atoms with Crippen molar-refractivity contribution in [3.63, 3.8) is 0 Å². The Morgan fingerprint density at radius 3 is 2.42 bits per heavy atom. The second kappa shape index (κ2) is 7.96. The predicted octanol–water partition coefficient (Wildman–Crippen LogP) is 1.79. The summed E-state index contributed by atoms with van der Waals surface area (Å²) in [5.74, 6) is 4.28. The number of primary amides is 1. The van der Waals surface area contributed by atoms with Gasteiger partial charge >= 0.3 is 6.09 Å². The molecule has 0 aliphatic carbocycles. The zero-order valence-corrected chi connectivity index (χ0v) is 14.0. The summed E-state index contributed by atoms with van der Waals surface area (Å²) < 4.78 is 11.9. The van der Waals surface area contributed by atoms with Crippen LogP contribution in [0.2, 0.25) is 0 Å². The van der Waals surface area contributed by atoms with Crippen LogP contribution in [0.3, 0.4) is 0 Å². The van der Waals surface area contributed by atoms with Gasteiger partial charge in [-0.05, 0) is 12.1 Å². The van der Waals surface area contributed by atoms with E-state index in [1.165, 1.54) is 4.57 Å². The standard InChI is InChI=1S/C18H19N3O5/c19-17(22)14-6-3-5-13-12-4-1-2-7-15(12)21(16(13)14)18(23)25-10-8-24-9-11-26-20/h1-7H,8-11,20H2,(H2,19,22). The number of carbonyl (C=O) groups is 2. The van der Waals surface area contributed by atoms with Crippen molar-refractivity contribution in [1.29, 1.82) is 0 Å². The third kappa shape index (κ3) is 3.38. The number of hydrogen-bond acceptors (Lipinski definition) is 6. The molecule has 0 unspecified atom stereocenters. The normalized spacial score (nSPS) is 11.1. The molecule has 136 valence electrons. The summed E-state index contributed by atoms with van der Waals surface area (Å²) in [6.07, 6.45) is -0.608. The van der Waals surface area contributed by atoms with Crippen LogP contribution in [-0.4, -0.2) is 43.0 Å². The van der Waals surface area contributed by atoms with E-state index in [0.29, 0.717) is 17.6 Å². The molecule has 1 heterocycles. The van der Waals surface area contributed by atoms with Crippen molar-refractivity contribution in [2.24, 2.45) is 11.6 Å². The van der Waals surface area contributed by atoms with E-state index in [1.807, 2.05) is 24.3 Å². The molecule has 8 heteroatoms. The first-order valence-electron chi connectivity index (χ1n) is 8.03. The van der Waals surface area contributed by atoms with Crippen molar-refractivity contribution < 1.29 is 23.9 Å². The second-order valence-electron chi connectivity index (χ2n) is 5.52. The Labute approximate surface area is 149 Å². The number of rotatable bonds is 7. The quantitative estimate of drug-likeness (QED) is 0.491. The smallest absolute Gasteiger partial charge is 0.419 e. The van der Waals surface area contributed by atoms with Crippen LogP contribution in [0, 0.1) is 0 Å². The largest absolute Gasteiger partial charge is 0.446 e. The van der Waals surface area contributed by atoms with Crippen LogP contribution in [0.15, 0.2) is 42.5 Å². The Hall–Kier alpha value is -2.94. The molecule has 1 aromatic heterocycles. The number of nitrogens with two attached hydrogens (primary N) is 2. The monoisotopic (exact) mass is 357 g/mol. The fourth-order valence-electron chi connectivity index (χ4n) is 2.87. The maximum atomic E-state index is 12.7. The predicted molar refractivity (Wildman–Crippen MR) is 95.7 cm³/mol. The third-order valence-electron chi connectivity index (χ3n) is 3.94. The van der Waals surface area contributed by atoms with Gasteiger partial charge in [0.05, 0.1) is 36.4 Å². The van der Waals surface area contributed by atoms with E-state index in [1.54, 1.807) is 18.2 Å². The van der Waals surface area contributed by atoms with Crippen LogP contribution in [-0.2, 0) is 14.3 Å². The molecule has 0 aliphatic rings. The molecule has 3 aromatic rings. The molecule has 3 rings (SSSR count). The number of carbonyl (C=O) groups excluding carboxylic acids is 2. The van der Waals surface area contributed by atoms with Crippen molar-refractivity contribution in [3.05, 3.63) is 48.0 Å². The molecule has 0 saturated carbocycles. The topological polar surface area (TPSA) is 119 Å². The van der Waals surface area contributed by atoms with E-state index in [0.717, 1.165) is 10.8 Å². The first-order chi connectivity index (χ1) is 12.6. The highest BCUT2D eigenvalue weighted by Gasteiger charge is 2.21. The number of benzene rings is 2. The van der Waals surface area contributed by atoms with Gasteiger partial charge in [0, 0.05) is 10.8 Å². The Kier molecular flexibility index (Phi) is 5.47. The molecule has 1 amide bonds. The van der Waals surface area contributed by atoms with Gasteiger partial charge in [-0.1, -0.05) is 30.3 Å². The molecule has 0 saturated heterocycles. The highest BCUT2D eigenvalue weighted by molar-refractivity contribution is 6.18. The van der Waals surface area contributed by atoms with E-state index < -0.39 is 12.0 Å². The Bertz CT molecular complexity index is 951. The third-order valence-corrected chi connectivity index (χ3v) is 3.94. The molecular weight excluding hydrogens is 338 g/mol. The Balaban J connectivity index is 1.95. The summed E-state index contributed by atoms with van der Waals surface area (Å²) >= 11 is 0. The molecule has 0 radical (unpaired) electrons. The summed E-state index contributed by atoms with van der Waals surface area (Å²) in [6, 6.07) is 12.5.